The molecule has 0 aromatic heterocycles. The van der Waals surface area contributed by atoms with Crippen LogP contribution in [0.1, 0.15) is 6.92 Å². The van der Waals surface area contributed by atoms with E-state index in [-0.39, 0.29) is 12.3 Å². The number of methoxy groups -OCH3 is 2. The number of hydrogen-bond donors (Lipinski definition) is 0. The maximum absolute atomic E-state index is 10.7. The lowest BCUT2D eigenvalue weighted by molar-refractivity contribution is -0.385. The van der Waals surface area contributed by atoms with Crippen molar-refractivity contribution in [3.8, 4) is 17.6 Å². The molecule has 22 heavy (non-hydrogen) atoms. The van der Waals surface area contributed by atoms with Crippen molar-refractivity contribution in [3.05, 3.63) is 28.3 Å². The van der Waals surface area contributed by atoms with Crippen molar-refractivity contribution < 1.29 is 23.9 Å². The van der Waals surface area contributed by atoms with Gasteiger partial charge in [0.25, 0.3) is 5.69 Å². The Morgan fingerprint density at radius 3 is 2.05 bits per heavy atom. The molecular formula is C14H20N2O6. The molecule has 0 aliphatic heterocycles. The number of ether oxygens (including phenoxy) is 4. The summed E-state index contributed by atoms with van der Waals surface area (Å²) in [6.45, 7) is 2.88. The highest BCUT2D eigenvalue weighted by molar-refractivity contribution is 5.48. The molecule has 8 nitrogen and oxygen atoms in total. The zero-order valence-electron chi connectivity index (χ0n) is 12.9. The van der Waals surface area contributed by atoms with Crippen LogP contribution in [0.2, 0.25) is 0 Å². The first-order chi connectivity index (χ1) is 10.6. The van der Waals surface area contributed by atoms with Crippen molar-refractivity contribution in [2.75, 3.05) is 40.6 Å². The van der Waals surface area contributed by atoms with E-state index in [0.29, 0.717) is 31.3 Å². The van der Waals surface area contributed by atoms with Crippen LogP contribution >= 0.6 is 0 Å². The Kier molecular flexibility index (Phi) is 11.0. The van der Waals surface area contributed by atoms with Crippen molar-refractivity contribution >= 4 is 5.69 Å². The number of benzene rings is 1. The summed E-state index contributed by atoms with van der Waals surface area (Å²) in [5.41, 5.74) is -0.0495. The van der Waals surface area contributed by atoms with Crippen LogP contribution in [0.25, 0.3) is 0 Å². The van der Waals surface area contributed by atoms with Crippen molar-refractivity contribution in [1.82, 2.24) is 0 Å². The molecule has 0 saturated heterocycles. The Labute approximate surface area is 129 Å². The van der Waals surface area contributed by atoms with Gasteiger partial charge in [0, 0.05) is 27.2 Å². The number of nitro groups is 1. The molecule has 0 radical (unpaired) electrons. The molecule has 0 aliphatic carbocycles. The third-order valence-electron chi connectivity index (χ3n) is 2.23. The van der Waals surface area contributed by atoms with Gasteiger partial charge < -0.3 is 18.9 Å². The summed E-state index contributed by atoms with van der Waals surface area (Å²) in [6.07, 6.45) is 0. The van der Waals surface area contributed by atoms with Crippen LogP contribution in [0.5, 0.6) is 11.5 Å². The minimum absolute atomic E-state index is 0.0495. The maximum atomic E-state index is 10.7. The fourth-order valence-corrected chi connectivity index (χ4v) is 1.31. The van der Waals surface area contributed by atoms with Crippen molar-refractivity contribution in [1.29, 1.82) is 5.26 Å². The molecule has 0 atom stereocenters. The van der Waals surface area contributed by atoms with E-state index >= 15 is 0 Å². The zero-order valence-corrected chi connectivity index (χ0v) is 12.9. The molecule has 0 unspecified atom stereocenters. The van der Waals surface area contributed by atoms with Gasteiger partial charge in [-0.05, 0) is 6.07 Å². The normalized spacial score (nSPS) is 9.18. The predicted molar refractivity (Wildman–Crippen MR) is 79.1 cm³/mol. The molecule has 8 heteroatoms. The predicted octanol–water partition coefficient (Wildman–Crippen LogP) is 2.18. The first-order valence-electron chi connectivity index (χ1n) is 6.43. The van der Waals surface area contributed by atoms with Gasteiger partial charge in [-0.3, -0.25) is 10.1 Å². The Morgan fingerprint density at radius 2 is 1.59 bits per heavy atom. The highest BCUT2D eigenvalue weighted by atomic mass is 16.6. The topological polar surface area (TPSA) is 104 Å². The Balaban J connectivity index is 0.00000135. The van der Waals surface area contributed by atoms with E-state index in [2.05, 4.69) is 0 Å². The summed E-state index contributed by atoms with van der Waals surface area (Å²) in [4.78, 5) is 10.2. The number of non-ortho nitro benzene ring substituents is 1. The van der Waals surface area contributed by atoms with Gasteiger partial charge in [0.1, 0.15) is 13.2 Å². The molecular weight excluding hydrogens is 292 g/mol. The quantitative estimate of drug-likeness (QED) is 0.391. The van der Waals surface area contributed by atoms with Gasteiger partial charge in [-0.15, -0.1) is 0 Å². The molecule has 0 aliphatic rings. The van der Waals surface area contributed by atoms with Crippen molar-refractivity contribution in [3.63, 3.8) is 0 Å². The van der Waals surface area contributed by atoms with E-state index in [0.717, 1.165) is 0 Å². The number of hydrogen-bond acceptors (Lipinski definition) is 7. The van der Waals surface area contributed by atoms with Crippen molar-refractivity contribution in [2.45, 2.75) is 6.92 Å². The SMILES string of the molecule is CC#N.COCCOc1ccc([N+](=O)[O-])cc1OCCOC. The zero-order chi connectivity index (χ0) is 16.8. The van der Waals surface area contributed by atoms with E-state index in [4.69, 9.17) is 24.2 Å². The molecule has 1 aromatic rings. The smallest absolute Gasteiger partial charge is 0.273 e. The van der Waals surface area contributed by atoms with Gasteiger partial charge >= 0.3 is 0 Å². The fraction of sp³-hybridized carbons (Fsp3) is 0.500. The van der Waals surface area contributed by atoms with E-state index < -0.39 is 4.92 Å². The van der Waals surface area contributed by atoms with Crippen LogP contribution in [-0.4, -0.2) is 45.6 Å². The second-order valence-electron chi connectivity index (χ2n) is 3.79. The average Bonchev–Trinajstić information content (AvgIpc) is 2.49. The third-order valence-corrected chi connectivity index (χ3v) is 2.23. The number of nitriles is 1. The number of nitrogens with zero attached hydrogens (tertiary/aromatic N) is 2. The summed E-state index contributed by atoms with van der Waals surface area (Å²) >= 11 is 0. The van der Waals surface area contributed by atoms with E-state index in [1.165, 1.54) is 25.1 Å². The molecule has 0 heterocycles. The largest absolute Gasteiger partial charge is 0.487 e. The van der Waals surface area contributed by atoms with Crippen LogP contribution in [0.4, 0.5) is 5.69 Å². The van der Waals surface area contributed by atoms with E-state index in [9.17, 15) is 10.1 Å². The Hall–Kier alpha value is -2.37. The van der Waals surface area contributed by atoms with Gasteiger partial charge in [0.2, 0.25) is 0 Å². The molecule has 1 rings (SSSR count). The summed E-state index contributed by atoms with van der Waals surface area (Å²) in [5, 5.41) is 18.0. The van der Waals surface area contributed by atoms with Gasteiger partial charge in [0.05, 0.1) is 30.3 Å². The standard InChI is InChI=1S/C12H17NO6.C2H3N/c1-16-5-7-18-11-4-3-10(13(14)15)9-12(11)19-8-6-17-2;1-2-3/h3-4,9H,5-8H2,1-2H3;1H3. The molecule has 0 spiro atoms. The van der Waals surface area contributed by atoms with Gasteiger partial charge in [-0.25, -0.2) is 0 Å². The molecule has 0 amide bonds. The minimum atomic E-state index is -0.484. The lowest BCUT2D eigenvalue weighted by Crippen LogP contribution is -2.08. The molecule has 0 bridgehead atoms. The van der Waals surface area contributed by atoms with Crippen molar-refractivity contribution in [2.24, 2.45) is 0 Å². The molecule has 122 valence electrons. The highest BCUT2D eigenvalue weighted by Gasteiger charge is 2.13. The van der Waals surface area contributed by atoms with Crippen LogP contribution in [-0.2, 0) is 9.47 Å². The Morgan fingerprint density at radius 1 is 1.09 bits per heavy atom. The summed E-state index contributed by atoms with van der Waals surface area (Å²) < 4.78 is 20.6. The molecule has 0 saturated carbocycles. The highest BCUT2D eigenvalue weighted by Crippen LogP contribution is 2.31. The summed E-state index contributed by atoms with van der Waals surface area (Å²) in [6, 6.07) is 5.96. The van der Waals surface area contributed by atoms with Crippen LogP contribution in [0.3, 0.4) is 0 Å². The van der Waals surface area contributed by atoms with Crippen LogP contribution in [0, 0.1) is 21.4 Å². The molecule has 1 aromatic carbocycles. The van der Waals surface area contributed by atoms with Crippen LogP contribution in [0.15, 0.2) is 18.2 Å². The molecule has 0 N–H and O–H groups in total. The second-order valence-corrected chi connectivity index (χ2v) is 3.79. The van der Waals surface area contributed by atoms with Gasteiger partial charge in [-0.2, -0.15) is 5.26 Å². The Bertz CT molecular complexity index is 487. The average molecular weight is 312 g/mol. The number of nitro benzene ring substituents is 1. The van der Waals surface area contributed by atoms with Gasteiger partial charge in [0.15, 0.2) is 11.5 Å². The lowest BCUT2D eigenvalue weighted by atomic mass is 10.3. The molecule has 0 fully saturated rings. The first kappa shape index (κ1) is 19.6. The maximum Gasteiger partial charge on any atom is 0.273 e. The summed E-state index contributed by atoms with van der Waals surface area (Å²) in [7, 11) is 3.11. The van der Waals surface area contributed by atoms with Crippen LogP contribution < -0.4 is 9.47 Å². The monoisotopic (exact) mass is 312 g/mol. The first-order valence-corrected chi connectivity index (χ1v) is 6.43. The lowest BCUT2D eigenvalue weighted by Gasteiger charge is -2.12. The van der Waals surface area contributed by atoms with E-state index in [1.54, 1.807) is 20.3 Å². The summed E-state index contributed by atoms with van der Waals surface area (Å²) in [5.74, 6) is 0.765. The third kappa shape index (κ3) is 8.04. The van der Waals surface area contributed by atoms with E-state index in [1.807, 2.05) is 0 Å². The second kappa shape index (κ2) is 12.4. The number of rotatable bonds is 9. The minimum Gasteiger partial charge on any atom is -0.487 e. The van der Waals surface area contributed by atoms with Gasteiger partial charge in [-0.1, -0.05) is 0 Å². The fourth-order valence-electron chi connectivity index (χ4n) is 1.31.